The maximum Gasteiger partial charge on any atom is 0.236 e. The van der Waals surface area contributed by atoms with Crippen LogP contribution in [0.4, 0.5) is 5.13 Å². The van der Waals surface area contributed by atoms with Gasteiger partial charge in [0.05, 0.1) is 11.4 Å². The highest BCUT2D eigenvalue weighted by Crippen LogP contribution is 2.27. The van der Waals surface area contributed by atoms with Crippen molar-refractivity contribution in [2.45, 2.75) is 12.1 Å². The van der Waals surface area contributed by atoms with Gasteiger partial charge >= 0.3 is 0 Å². The van der Waals surface area contributed by atoms with E-state index >= 15 is 0 Å². The first-order valence-electron chi connectivity index (χ1n) is 8.61. The SMILES string of the molecule is Cc1ccccc1-n1ccnc1SCC(=O)Nc1nnc(-c2ccccc2)s1. The normalized spacial score (nSPS) is 10.8. The highest BCUT2D eigenvalue weighted by Gasteiger charge is 2.13. The van der Waals surface area contributed by atoms with Gasteiger partial charge in [0.15, 0.2) is 5.16 Å². The molecule has 2 aromatic heterocycles. The molecule has 140 valence electrons. The van der Waals surface area contributed by atoms with Crippen molar-refractivity contribution in [1.29, 1.82) is 0 Å². The van der Waals surface area contributed by atoms with Crippen LogP contribution in [0, 0.1) is 6.92 Å². The Balaban J connectivity index is 1.39. The third-order valence-electron chi connectivity index (χ3n) is 4.01. The lowest BCUT2D eigenvalue weighted by atomic mass is 10.2. The standard InChI is InChI=1S/C20H17N5OS2/c1-14-7-5-6-10-16(14)25-12-11-21-20(25)27-13-17(26)22-19-24-23-18(28-19)15-8-3-2-4-9-15/h2-12H,13H2,1H3,(H,22,24,26). The van der Waals surface area contributed by atoms with Crippen molar-refractivity contribution in [3.8, 4) is 16.3 Å². The minimum atomic E-state index is -0.139. The summed E-state index contributed by atoms with van der Waals surface area (Å²) < 4.78 is 1.99. The molecule has 0 unspecified atom stereocenters. The van der Waals surface area contributed by atoms with Crippen LogP contribution in [0.2, 0.25) is 0 Å². The van der Waals surface area contributed by atoms with Crippen molar-refractivity contribution in [2.24, 2.45) is 0 Å². The number of aryl methyl sites for hydroxylation is 1. The molecule has 0 radical (unpaired) electrons. The van der Waals surface area contributed by atoms with Gasteiger partial charge in [-0.15, -0.1) is 10.2 Å². The van der Waals surface area contributed by atoms with Crippen LogP contribution < -0.4 is 5.32 Å². The van der Waals surface area contributed by atoms with E-state index in [4.69, 9.17) is 0 Å². The summed E-state index contributed by atoms with van der Waals surface area (Å²) in [5, 5.41) is 13.1. The quantitative estimate of drug-likeness (QED) is 0.479. The molecule has 2 heterocycles. The zero-order valence-electron chi connectivity index (χ0n) is 15.1. The molecule has 1 N–H and O–H groups in total. The van der Waals surface area contributed by atoms with E-state index in [0.29, 0.717) is 5.13 Å². The Bertz CT molecular complexity index is 1090. The number of benzene rings is 2. The highest BCUT2D eigenvalue weighted by molar-refractivity contribution is 7.99. The van der Waals surface area contributed by atoms with Crippen LogP contribution in [-0.4, -0.2) is 31.4 Å². The largest absolute Gasteiger partial charge is 0.300 e. The van der Waals surface area contributed by atoms with Crippen LogP contribution in [0.1, 0.15) is 5.56 Å². The van der Waals surface area contributed by atoms with Gasteiger partial charge in [-0.2, -0.15) is 0 Å². The average molecular weight is 408 g/mol. The van der Waals surface area contributed by atoms with E-state index < -0.39 is 0 Å². The summed E-state index contributed by atoms with van der Waals surface area (Å²) in [6.45, 7) is 2.05. The van der Waals surface area contributed by atoms with E-state index in [1.54, 1.807) is 6.20 Å². The van der Waals surface area contributed by atoms with Gasteiger partial charge in [0.1, 0.15) is 5.01 Å². The predicted octanol–water partition coefficient (Wildman–Crippen LogP) is 4.43. The van der Waals surface area contributed by atoms with Crippen LogP contribution in [-0.2, 0) is 4.79 Å². The molecule has 4 aromatic rings. The fourth-order valence-corrected chi connectivity index (χ4v) is 4.20. The number of para-hydroxylation sites is 1. The number of hydrogen-bond donors (Lipinski definition) is 1. The van der Waals surface area contributed by atoms with Gasteiger partial charge in [0.25, 0.3) is 0 Å². The van der Waals surface area contributed by atoms with Gasteiger partial charge in [-0.1, -0.05) is 71.6 Å². The summed E-state index contributed by atoms with van der Waals surface area (Å²) in [5.74, 6) is 0.100. The van der Waals surface area contributed by atoms with Gasteiger partial charge in [-0.3, -0.25) is 14.7 Å². The summed E-state index contributed by atoms with van der Waals surface area (Å²) in [7, 11) is 0. The Morgan fingerprint density at radius 3 is 2.71 bits per heavy atom. The second-order valence-corrected chi connectivity index (χ2v) is 7.90. The zero-order valence-corrected chi connectivity index (χ0v) is 16.7. The second-order valence-electron chi connectivity index (χ2n) is 5.98. The van der Waals surface area contributed by atoms with Crippen molar-refractivity contribution >= 4 is 34.1 Å². The summed E-state index contributed by atoms with van der Waals surface area (Å²) in [5.41, 5.74) is 3.18. The molecule has 0 aliphatic carbocycles. The molecule has 8 heteroatoms. The van der Waals surface area contributed by atoms with E-state index in [9.17, 15) is 4.79 Å². The monoisotopic (exact) mass is 407 g/mol. The number of hydrogen-bond acceptors (Lipinski definition) is 6. The summed E-state index contributed by atoms with van der Waals surface area (Å²) in [4.78, 5) is 16.7. The number of thioether (sulfide) groups is 1. The first-order valence-corrected chi connectivity index (χ1v) is 10.4. The molecule has 1 amide bonds. The smallest absolute Gasteiger partial charge is 0.236 e. The van der Waals surface area contributed by atoms with Crippen molar-refractivity contribution in [2.75, 3.05) is 11.1 Å². The number of carbonyl (C=O) groups excluding carboxylic acids is 1. The van der Waals surface area contributed by atoms with Crippen LogP contribution >= 0.6 is 23.1 Å². The van der Waals surface area contributed by atoms with E-state index in [2.05, 4.69) is 33.5 Å². The Morgan fingerprint density at radius 2 is 1.89 bits per heavy atom. The van der Waals surface area contributed by atoms with E-state index in [0.717, 1.165) is 27.0 Å². The minimum Gasteiger partial charge on any atom is -0.300 e. The first-order chi connectivity index (χ1) is 13.7. The van der Waals surface area contributed by atoms with Gasteiger partial charge in [-0.25, -0.2) is 4.98 Å². The lowest BCUT2D eigenvalue weighted by molar-refractivity contribution is -0.113. The van der Waals surface area contributed by atoms with Gasteiger partial charge in [0, 0.05) is 18.0 Å². The molecular weight excluding hydrogens is 390 g/mol. The molecule has 0 saturated carbocycles. The van der Waals surface area contributed by atoms with Gasteiger partial charge in [-0.05, 0) is 18.6 Å². The molecule has 0 bridgehead atoms. The second kappa shape index (κ2) is 8.37. The van der Waals surface area contributed by atoms with E-state index in [1.807, 2.05) is 59.3 Å². The Morgan fingerprint density at radius 1 is 1.11 bits per heavy atom. The van der Waals surface area contributed by atoms with Crippen molar-refractivity contribution in [1.82, 2.24) is 19.7 Å². The number of rotatable bonds is 6. The average Bonchev–Trinajstić information content (AvgIpc) is 3.37. The van der Waals surface area contributed by atoms with Gasteiger partial charge in [0.2, 0.25) is 11.0 Å². The van der Waals surface area contributed by atoms with Crippen LogP contribution in [0.5, 0.6) is 0 Å². The third kappa shape index (κ3) is 4.13. The number of anilines is 1. The molecule has 0 aliphatic heterocycles. The van der Waals surface area contributed by atoms with Crippen molar-refractivity contribution in [3.05, 3.63) is 72.6 Å². The minimum absolute atomic E-state index is 0.139. The lowest BCUT2D eigenvalue weighted by Gasteiger charge is -2.09. The van der Waals surface area contributed by atoms with Crippen LogP contribution in [0.3, 0.4) is 0 Å². The third-order valence-corrected chi connectivity index (χ3v) is 5.86. The van der Waals surface area contributed by atoms with Crippen LogP contribution in [0.25, 0.3) is 16.3 Å². The van der Waals surface area contributed by atoms with Gasteiger partial charge < -0.3 is 0 Å². The van der Waals surface area contributed by atoms with E-state index in [1.165, 1.54) is 23.1 Å². The number of amides is 1. The molecule has 0 atom stereocenters. The Labute approximate surface area is 170 Å². The topological polar surface area (TPSA) is 72.7 Å². The maximum absolute atomic E-state index is 12.3. The lowest BCUT2D eigenvalue weighted by Crippen LogP contribution is -2.14. The molecule has 6 nitrogen and oxygen atoms in total. The fourth-order valence-electron chi connectivity index (χ4n) is 2.67. The molecule has 2 aromatic carbocycles. The number of nitrogens with zero attached hydrogens (tertiary/aromatic N) is 4. The number of carbonyl (C=O) groups is 1. The van der Waals surface area contributed by atoms with Crippen molar-refractivity contribution < 1.29 is 4.79 Å². The zero-order chi connectivity index (χ0) is 19.3. The van der Waals surface area contributed by atoms with Crippen LogP contribution in [0.15, 0.2) is 72.1 Å². The molecular formula is C20H17N5OS2. The number of imidazole rings is 1. The summed E-state index contributed by atoms with van der Waals surface area (Å²) in [6, 6.07) is 17.9. The molecule has 0 saturated heterocycles. The number of aromatic nitrogens is 4. The Hall–Kier alpha value is -2.97. The van der Waals surface area contributed by atoms with E-state index in [-0.39, 0.29) is 11.7 Å². The molecule has 0 spiro atoms. The number of nitrogens with one attached hydrogen (secondary N) is 1. The molecule has 0 fully saturated rings. The molecule has 28 heavy (non-hydrogen) atoms. The predicted molar refractivity (Wildman–Crippen MR) is 113 cm³/mol. The Kier molecular flexibility index (Phi) is 5.50. The maximum atomic E-state index is 12.3. The first kappa shape index (κ1) is 18.4. The molecule has 4 rings (SSSR count). The molecule has 0 aliphatic rings. The summed E-state index contributed by atoms with van der Waals surface area (Å²) >= 11 is 2.74. The fraction of sp³-hybridized carbons (Fsp3) is 0.100. The summed E-state index contributed by atoms with van der Waals surface area (Å²) in [6.07, 6.45) is 3.64. The highest BCUT2D eigenvalue weighted by atomic mass is 32.2. The van der Waals surface area contributed by atoms with Crippen molar-refractivity contribution in [3.63, 3.8) is 0 Å².